The number of hydrogen-bond donors (Lipinski definition) is 3. The number of carbonyl (C=O) groups is 1. The quantitative estimate of drug-likeness (QED) is 0.0534. The molecule has 0 aliphatic rings. The molecule has 0 bridgehead atoms. The van der Waals surface area contributed by atoms with E-state index in [0.29, 0.717) is 12.8 Å². The standard InChI is InChI=1S/C56H113NO3/c1-3-5-7-9-11-13-15-17-19-21-23-25-26-27-28-29-30-32-34-36-38-40-42-44-46-48-50-52-56(60)57-54(53-58)55(59)51-49-47-45-43-41-39-37-35-33-31-24-22-20-18-16-14-12-10-8-6-4-2/h54-55,58-59H,3-53H2,1-2H3,(H,57,60). The van der Waals surface area contributed by atoms with E-state index < -0.39 is 12.1 Å². The Morgan fingerprint density at radius 1 is 0.333 bits per heavy atom. The Balaban J connectivity index is 3.39. The molecule has 4 heteroatoms. The molecule has 3 N–H and O–H groups in total. The Morgan fingerprint density at radius 3 is 0.750 bits per heavy atom. The van der Waals surface area contributed by atoms with E-state index in [1.165, 1.54) is 283 Å². The number of aliphatic hydroxyl groups is 2. The maximum Gasteiger partial charge on any atom is 0.220 e. The van der Waals surface area contributed by atoms with Crippen molar-refractivity contribution in [1.29, 1.82) is 0 Å². The number of rotatable bonds is 53. The molecule has 0 heterocycles. The van der Waals surface area contributed by atoms with Crippen molar-refractivity contribution in [2.24, 2.45) is 0 Å². The predicted octanol–water partition coefficient (Wildman–Crippen LogP) is 18.4. The van der Waals surface area contributed by atoms with Gasteiger partial charge in [-0.25, -0.2) is 0 Å². The van der Waals surface area contributed by atoms with Gasteiger partial charge in [0, 0.05) is 6.42 Å². The summed E-state index contributed by atoms with van der Waals surface area (Å²) in [4.78, 5) is 12.5. The predicted molar refractivity (Wildman–Crippen MR) is 267 cm³/mol. The third kappa shape index (κ3) is 48.4. The minimum absolute atomic E-state index is 0.0218. The Labute approximate surface area is 378 Å². The minimum atomic E-state index is -0.655. The molecule has 0 saturated carbocycles. The Bertz CT molecular complexity index is 788. The number of nitrogens with one attached hydrogen (secondary N) is 1. The smallest absolute Gasteiger partial charge is 0.220 e. The van der Waals surface area contributed by atoms with E-state index in [9.17, 15) is 15.0 Å². The van der Waals surface area contributed by atoms with Crippen molar-refractivity contribution >= 4 is 5.91 Å². The van der Waals surface area contributed by atoms with E-state index >= 15 is 0 Å². The first-order chi connectivity index (χ1) is 29.7. The second-order valence-corrected chi connectivity index (χ2v) is 19.7. The van der Waals surface area contributed by atoms with E-state index in [2.05, 4.69) is 19.2 Å². The molecule has 2 atom stereocenters. The summed E-state index contributed by atoms with van der Waals surface area (Å²) in [5, 5.41) is 23.3. The topological polar surface area (TPSA) is 69.6 Å². The average Bonchev–Trinajstić information content (AvgIpc) is 3.25. The van der Waals surface area contributed by atoms with Crippen LogP contribution in [0.4, 0.5) is 0 Å². The van der Waals surface area contributed by atoms with Crippen molar-refractivity contribution in [3.05, 3.63) is 0 Å². The van der Waals surface area contributed by atoms with Gasteiger partial charge in [0.15, 0.2) is 0 Å². The Morgan fingerprint density at radius 2 is 0.533 bits per heavy atom. The molecule has 0 saturated heterocycles. The fraction of sp³-hybridized carbons (Fsp3) is 0.982. The summed E-state index contributed by atoms with van der Waals surface area (Å²) in [6, 6.07) is -0.531. The molecule has 4 nitrogen and oxygen atoms in total. The van der Waals surface area contributed by atoms with Crippen molar-refractivity contribution in [2.45, 2.75) is 347 Å². The van der Waals surface area contributed by atoms with Crippen LogP contribution in [0.1, 0.15) is 335 Å². The van der Waals surface area contributed by atoms with Gasteiger partial charge in [-0.15, -0.1) is 0 Å². The highest BCUT2D eigenvalue weighted by Gasteiger charge is 2.20. The van der Waals surface area contributed by atoms with Gasteiger partial charge in [0.05, 0.1) is 18.8 Å². The highest BCUT2D eigenvalue weighted by Crippen LogP contribution is 2.18. The van der Waals surface area contributed by atoms with Crippen LogP contribution in [0.2, 0.25) is 0 Å². The highest BCUT2D eigenvalue weighted by atomic mass is 16.3. The number of aliphatic hydroxyl groups excluding tert-OH is 2. The SMILES string of the molecule is CCCCCCCCCCCCCCCCCCCCCCCCCCCCCC(=O)NC(CO)C(O)CCCCCCCCCCCCCCCCCCCCCCC. The van der Waals surface area contributed by atoms with Crippen LogP contribution in [0.25, 0.3) is 0 Å². The molecular weight excluding hydrogens is 735 g/mol. The Kier molecular flexibility index (Phi) is 52.2. The lowest BCUT2D eigenvalue weighted by Crippen LogP contribution is -2.45. The van der Waals surface area contributed by atoms with Crippen LogP contribution in [-0.4, -0.2) is 34.9 Å². The monoisotopic (exact) mass is 848 g/mol. The van der Waals surface area contributed by atoms with Crippen molar-refractivity contribution in [3.8, 4) is 0 Å². The van der Waals surface area contributed by atoms with Crippen LogP contribution < -0.4 is 5.32 Å². The minimum Gasteiger partial charge on any atom is -0.394 e. The van der Waals surface area contributed by atoms with Gasteiger partial charge in [0.1, 0.15) is 0 Å². The first-order valence-corrected chi connectivity index (χ1v) is 28.2. The fourth-order valence-corrected chi connectivity index (χ4v) is 9.31. The van der Waals surface area contributed by atoms with Crippen LogP contribution in [0.5, 0.6) is 0 Å². The van der Waals surface area contributed by atoms with Crippen LogP contribution in [0.15, 0.2) is 0 Å². The van der Waals surface area contributed by atoms with Gasteiger partial charge in [-0.3, -0.25) is 4.79 Å². The molecule has 0 rings (SSSR count). The summed E-state index contributed by atoms with van der Waals surface area (Å²) in [5.41, 5.74) is 0. The lowest BCUT2D eigenvalue weighted by molar-refractivity contribution is -0.123. The lowest BCUT2D eigenvalue weighted by atomic mass is 10.0. The van der Waals surface area contributed by atoms with E-state index in [0.717, 1.165) is 25.7 Å². The highest BCUT2D eigenvalue weighted by molar-refractivity contribution is 5.76. The summed E-state index contributed by atoms with van der Waals surface area (Å²) in [7, 11) is 0. The number of amides is 1. The second-order valence-electron chi connectivity index (χ2n) is 19.7. The van der Waals surface area contributed by atoms with E-state index in [4.69, 9.17) is 0 Å². The third-order valence-electron chi connectivity index (χ3n) is 13.6. The molecular formula is C56H113NO3. The third-order valence-corrected chi connectivity index (χ3v) is 13.6. The number of unbranched alkanes of at least 4 members (excludes halogenated alkanes) is 46. The second kappa shape index (κ2) is 52.7. The normalized spacial score (nSPS) is 12.7. The molecule has 0 aromatic carbocycles. The zero-order chi connectivity index (χ0) is 43.5. The van der Waals surface area contributed by atoms with Gasteiger partial charge in [0.25, 0.3) is 0 Å². The number of hydrogen-bond acceptors (Lipinski definition) is 3. The largest absolute Gasteiger partial charge is 0.394 e. The van der Waals surface area contributed by atoms with Crippen LogP contribution in [0.3, 0.4) is 0 Å². The van der Waals surface area contributed by atoms with Crippen molar-refractivity contribution in [2.75, 3.05) is 6.61 Å². The van der Waals surface area contributed by atoms with Gasteiger partial charge in [0.2, 0.25) is 5.91 Å². The van der Waals surface area contributed by atoms with Crippen LogP contribution >= 0.6 is 0 Å². The molecule has 0 spiro atoms. The summed E-state index contributed by atoms with van der Waals surface area (Å²) in [5.74, 6) is -0.0218. The maximum absolute atomic E-state index is 12.5. The van der Waals surface area contributed by atoms with Crippen molar-refractivity contribution < 1.29 is 15.0 Å². The van der Waals surface area contributed by atoms with Crippen LogP contribution in [-0.2, 0) is 4.79 Å². The molecule has 0 radical (unpaired) electrons. The summed E-state index contributed by atoms with van der Waals surface area (Å²) < 4.78 is 0. The van der Waals surface area contributed by atoms with Gasteiger partial charge >= 0.3 is 0 Å². The van der Waals surface area contributed by atoms with E-state index in [1.807, 2.05) is 0 Å². The molecule has 0 aliphatic carbocycles. The summed E-state index contributed by atoms with van der Waals surface area (Å²) >= 11 is 0. The number of carbonyl (C=O) groups excluding carboxylic acids is 1. The molecule has 60 heavy (non-hydrogen) atoms. The summed E-state index contributed by atoms with van der Waals surface area (Å²) in [6.07, 6.45) is 66.6. The van der Waals surface area contributed by atoms with Crippen molar-refractivity contribution in [3.63, 3.8) is 0 Å². The maximum atomic E-state index is 12.5. The first kappa shape index (κ1) is 59.4. The molecule has 0 aromatic heterocycles. The average molecular weight is 849 g/mol. The van der Waals surface area contributed by atoms with E-state index in [1.54, 1.807) is 0 Å². The zero-order valence-electron chi connectivity index (χ0n) is 41.5. The molecule has 360 valence electrons. The molecule has 1 amide bonds. The van der Waals surface area contributed by atoms with Gasteiger partial charge < -0.3 is 15.5 Å². The fourth-order valence-electron chi connectivity index (χ4n) is 9.31. The van der Waals surface area contributed by atoms with Crippen LogP contribution in [0, 0.1) is 0 Å². The Hall–Kier alpha value is -0.610. The van der Waals surface area contributed by atoms with Gasteiger partial charge in [-0.05, 0) is 12.8 Å². The first-order valence-electron chi connectivity index (χ1n) is 28.2. The van der Waals surface area contributed by atoms with Gasteiger partial charge in [-0.2, -0.15) is 0 Å². The lowest BCUT2D eigenvalue weighted by Gasteiger charge is -2.22. The molecule has 0 fully saturated rings. The molecule has 0 aliphatic heterocycles. The molecule has 0 aromatic rings. The summed E-state index contributed by atoms with van der Waals surface area (Å²) in [6.45, 7) is 4.41. The van der Waals surface area contributed by atoms with Crippen molar-refractivity contribution in [1.82, 2.24) is 5.32 Å². The van der Waals surface area contributed by atoms with E-state index in [-0.39, 0.29) is 12.5 Å². The van der Waals surface area contributed by atoms with Gasteiger partial charge in [-0.1, -0.05) is 316 Å². The zero-order valence-corrected chi connectivity index (χ0v) is 41.5. The molecule has 2 unspecified atom stereocenters.